The fourth-order valence-corrected chi connectivity index (χ4v) is 2.66. The van der Waals surface area contributed by atoms with E-state index in [1.165, 1.54) is 20.8 Å². The van der Waals surface area contributed by atoms with Gasteiger partial charge in [0.25, 0.3) is 0 Å². The molecule has 0 aromatic carbocycles. The van der Waals surface area contributed by atoms with Crippen molar-refractivity contribution in [2.45, 2.75) is 90.5 Å². The molecule has 17 N–H and O–H groups in total. The number of esters is 3. The van der Waals surface area contributed by atoms with E-state index in [0.717, 1.165) is 0 Å². The number of hydrogen-bond acceptors (Lipinski definition) is 18. The first kappa shape index (κ1) is 66.3. The molecule has 64 heavy (non-hydrogen) atoms. The zero-order valence-electron chi connectivity index (χ0n) is 36.7. The van der Waals surface area contributed by atoms with Crippen LogP contribution < -0.4 is 39.3 Å². The molecule has 5 atom stereocenters. The molecule has 0 radical (unpaired) electrons. The predicted molar refractivity (Wildman–Crippen MR) is 229 cm³/mol. The van der Waals surface area contributed by atoms with Crippen LogP contribution in [-0.2, 0) is 62.2 Å². The Hall–Kier alpha value is -6.80. The average molecular weight is 920 g/mol. The van der Waals surface area contributed by atoms with Crippen LogP contribution >= 0.6 is 0 Å². The van der Waals surface area contributed by atoms with Gasteiger partial charge in [0, 0.05) is 47.4 Å². The molecule has 0 aromatic rings. The lowest BCUT2D eigenvalue weighted by Gasteiger charge is -2.07. The molecule has 0 bridgehead atoms. The van der Waals surface area contributed by atoms with Crippen molar-refractivity contribution in [2.75, 3.05) is 32.9 Å². The van der Waals surface area contributed by atoms with E-state index in [1.54, 1.807) is 13.8 Å². The summed E-state index contributed by atoms with van der Waals surface area (Å²) in [5, 5.41) is 46.6. The van der Waals surface area contributed by atoms with Crippen LogP contribution in [0.15, 0.2) is 60.8 Å². The van der Waals surface area contributed by atoms with Crippen molar-refractivity contribution >= 4 is 59.6 Å². The number of nitrogens with one attached hydrogen (secondary N) is 2. The summed E-state index contributed by atoms with van der Waals surface area (Å²) in [5.41, 5.74) is 27.3. The fourth-order valence-electron chi connectivity index (χ4n) is 2.66. The summed E-state index contributed by atoms with van der Waals surface area (Å²) in [6.07, 6.45) is 1.05. The van der Waals surface area contributed by atoms with Gasteiger partial charge < -0.3 is 79.0 Å². The minimum Gasteiger partial charge on any atom is -0.480 e. The second-order valence-electron chi connectivity index (χ2n) is 13.2. The SMILES string of the molecule is C=C(C)C(=O)NCC(N)C(=O)O.C=C(C)C(=O)NCCC(N)C(=O)O.C=C(C)C(=O)OCC(N)C(=O)O.C=C(C)C(=O)OCCC(N)C(=O)O.C=C(C)C(=O)OCCCC(N)C(=O)O. The Labute approximate surface area is 370 Å². The molecular formula is C39H65N7O18. The topological polar surface area (TPSA) is 454 Å². The third-order valence-corrected chi connectivity index (χ3v) is 6.58. The number of carbonyl (C=O) groups is 10. The molecule has 0 fully saturated rings. The number of aliphatic carboxylic acids is 5. The molecule has 0 aliphatic carbocycles. The van der Waals surface area contributed by atoms with E-state index >= 15 is 0 Å². The lowest BCUT2D eigenvalue weighted by Crippen LogP contribution is -2.42. The Morgan fingerprint density at radius 2 is 0.766 bits per heavy atom. The van der Waals surface area contributed by atoms with Crippen LogP contribution in [0.25, 0.3) is 0 Å². The fraction of sp³-hybridized carbons (Fsp3) is 0.487. The zero-order valence-corrected chi connectivity index (χ0v) is 36.7. The van der Waals surface area contributed by atoms with E-state index in [9.17, 15) is 47.9 Å². The molecule has 364 valence electrons. The first-order chi connectivity index (χ1) is 29.2. The molecule has 5 unspecified atom stereocenters. The smallest absolute Gasteiger partial charge is 0.333 e. The second-order valence-corrected chi connectivity index (χ2v) is 13.2. The van der Waals surface area contributed by atoms with Crippen LogP contribution in [0, 0.1) is 0 Å². The molecule has 0 aliphatic heterocycles. The van der Waals surface area contributed by atoms with Gasteiger partial charge in [0.1, 0.15) is 36.8 Å². The number of hydrogen-bond donors (Lipinski definition) is 12. The van der Waals surface area contributed by atoms with Crippen LogP contribution in [0.3, 0.4) is 0 Å². The summed E-state index contributed by atoms with van der Waals surface area (Å²) < 4.78 is 13.9. The van der Waals surface area contributed by atoms with Gasteiger partial charge in [-0.15, -0.1) is 0 Å². The quantitative estimate of drug-likeness (QED) is 0.0222. The van der Waals surface area contributed by atoms with Crippen molar-refractivity contribution in [3.8, 4) is 0 Å². The maximum Gasteiger partial charge on any atom is 0.333 e. The van der Waals surface area contributed by atoms with Crippen LogP contribution in [0.5, 0.6) is 0 Å². The maximum absolute atomic E-state index is 10.9. The third kappa shape index (κ3) is 41.9. The van der Waals surface area contributed by atoms with Crippen molar-refractivity contribution in [1.82, 2.24) is 10.6 Å². The summed E-state index contributed by atoms with van der Waals surface area (Å²) in [6.45, 7) is 24.5. The predicted octanol–water partition coefficient (Wildman–Crippen LogP) is -1.71. The van der Waals surface area contributed by atoms with Gasteiger partial charge in [-0.25, -0.2) is 14.4 Å². The molecule has 0 spiro atoms. The highest BCUT2D eigenvalue weighted by Gasteiger charge is 2.16. The van der Waals surface area contributed by atoms with Gasteiger partial charge in [-0.1, -0.05) is 32.9 Å². The van der Waals surface area contributed by atoms with Gasteiger partial charge in [-0.3, -0.25) is 33.6 Å². The van der Waals surface area contributed by atoms with Crippen molar-refractivity contribution < 1.29 is 87.7 Å². The van der Waals surface area contributed by atoms with E-state index in [-0.39, 0.29) is 68.7 Å². The molecule has 0 saturated carbocycles. The molecule has 0 aromatic heterocycles. The first-order valence-electron chi connectivity index (χ1n) is 18.5. The highest BCUT2D eigenvalue weighted by atomic mass is 16.5. The van der Waals surface area contributed by atoms with Gasteiger partial charge in [0.05, 0.1) is 13.2 Å². The van der Waals surface area contributed by atoms with Gasteiger partial charge >= 0.3 is 47.8 Å². The molecule has 0 heterocycles. The van der Waals surface area contributed by atoms with Crippen LogP contribution in [0.2, 0.25) is 0 Å². The Bertz CT molecular complexity index is 1570. The molecule has 2 amide bonds. The van der Waals surface area contributed by atoms with E-state index in [0.29, 0.717) is 29.6 Å². The van der Waals surface area contributed by atoms with Crippen molar-refractivity contribution in [2.24, 2.45) is 28.7 Å². The lowest BCUT2D eigenvalue weighted by molar-refractivity contribution is -0.145. The Balaban J connectivity index is -0.000000227. The molecule has 0 rings (SSSR count). The first-order valence-corrected chi connectivity index (χ1v) is 18.5. The maximum atomic E-state index is 10.9. The number of carboxylic acid groups (broad SMARTS) is 5. The number of ether oxygens (including phenoxy) is 3. The summed E-state index contributed by atoms with van der Waals surface area (Å²) in [7, 11) is 0. The van der Waals surface area contributed by atoms with Gasteiger partial charge in [0.15, 0.2) is 0 Å². The van der Waals surface area contributed by atoms with E-state index in [2.05, 4.69) is 53.0 Å². The zero-order chi connectivity index (χ0) is 51.4. The van der Waals surface area contributed by atoms with Crippen LogP contribution in [0.4, 0.5) is 0 Å². The molecule has 0 aliphatic rings. The molecular weight excluding hydrogens is 854 g/mol. The minimum absolute atomic E-state index is 0.000833. The highest BCUT2D eigenvalue weighted by molar-refractivity contribution is 5.93. The van der Waals surface area contributed by atoms with Crippen molar-refractivity contribution in [3.05, 3.63) is 60.8 Å². The third-order valence-electron chi connectivity index (χ3n) is 6.58. The number of rotatable bonds is 24. The summed E-state index contributed by atoms with van der Waals surface area (Å²) in [4.78, 5) is 105. The second kappa shape index (κ2) is 37.9. The van der Waals surface area contributed by atoms with Gasteiger partial charge in [-0.2, -0.15) is 0 Å². The molecule has 25 heteroatoms. The largest absolute Gasteiger partial charge is 0.480 e. The van der Waals surface area contributed by atoms with E-state index in [1.807, 2.05) is 0 Å². The standard InChI is InChI=1S/C9H15NO4.C8H14N2O3.C8H13NO4.C7H12N2O3.C7H11NO4/c1-6(2)9(13)14-5-3-4-7(10)8(11)12;1-5(2)7(11)10-4-3-6(9)8(12)13;1-5(2)8(12)13-4-3-6(9)7(10)11;1-4(2)6(10)9-3-5(8)7(11)12;1-4(2)7(11)12-3-5(8)6(9)10/h7H,1,3-5,10H2,2H3,(H,11,12);6H,1,3-4,9H2,2H3,(H,10,11)(H,12,13);6H,1,3-4,9H2,2H3,(H,10,11);5H,1,3,8H2,2H3,(H,9,10)(H,11,12);5H,1,3,8H2,2H3,(H,9,10). The van der Waals surface area contributed by atoms with Crippen molar-refractivity contribution in [3.63, 3.8) is 0 Å². The highest BCUT2D eigenvalue weighted by Crippen LogP contribution is 1.99. The Morgan fingerprint density at radius 1 is 0.438 bits per heavy atom. The van der Waals surface area contributed by atoms with Gasteiger partial charge in [0.2, 0.25) is 11.8 Å². The van der Waals surface area contributed by atoms with Crippen molar-refractivity contribution in [1.29, 1.82) is 0 Å². The molecule has 25 nitrogen and oxygen atoms in total. The number of nitrogens with two attached hydrogens (primary N) is 5. The Kier molecular flexibility index (Phi) is 39.3. The summed E-state index contributed by atoms with van der Waals surface area (Å²) in [6, 6.07) is -5.04. The normalized spacial score (nSPS) is 11.8. The van der Waals surface area contributed by atoms with Crippen LogP contribution in [0.1, 0.15) is 60.3 Å². The number of carboxylic acids is 5. The average Bonchev–Trinajstić information content (AvgIpc) is 3.20. The van der Waals surface area contributed by atoms with Crippen LogP contribution in [-0.4, -0.2) is 148 Å². The summed E-state index contributed by atoms with van der Waals surface area (Å²) >= 11 is 0. The number of amides is 2. The lowest BCUT2D eigenvalue weighted by atomic mass is 10.2. The summed E-state index contributed by atoms with van der Waals surface area (Å²) in [5.74, 6) is -7.85. The number of carbonyl (C=O) groups excluding carboxylic acids is 5. The molecule has 0 saturated heterocycles. The van der Waals surface area contributed by atoms with Gasteiger partial charge in [-0.05, 0) is 53.9 Å². The van der Waals surface area contributed by atoms with E-state index < -0.39 is 78.0 Å². The monoisotopic (exact) mass is 919 g/mol. The van der Waals surface area contributed by atoms with E-state index in [4.69, 9.17) is 58.9 Å². The Morgan fingerprint density at radius 3 is 1.12 bits per heavy atom. The minimum atomic E-state index is -1.20.